The topological polar surface area (TPSA) is 57.3 Å². The second-order valence-electron chi connectivity index (χ2n) is 6.33. The number of anilines is 1. The molecule has 0 saturated carbocycles. The normalized spacial score (nSPS) is 28.6. The van der Waals surface area contributed by atoms with E-state index < -0.39 is 0 Å². The first-order valence-electron chi connectivity index (χ1n) is 8.02. The van der Waals surface area contributed by atoms with Crippen molar-refractivity contribution >= 4 is 23.3 Å². The molecule has 5 nitrogen and oxygen atoms in total. The molecule has 120 valence electrons. The molecule has 2 aliphatic heterocycles. The van der Waals surface area contributed by atoms with Gasteiger partial charge in [0.25, 0.3) is 0 Å². The van der Waals surface area contributed by atoms with Gasteiger partial charge in [-0.25, -0.2) is 4.98 Å². The zero-order chi connectivity index (χ0) is 15.5. The van der Waals surface area contributed by atoms with Crippen LogP contribution < -0.4 is 15.5 Å². The number of hydrogen-bond donors (Lipinski definition) is 2. The Morgan fingerprint density at radius 3 is 3.14 bits per heavy atom. The molecule has 2 N–H and O–H groups in total. The molecule has 0 aromatic carbocycles. The van der Waals surface area contributed by atoms with Gasteiger partial charge in [-0.15, -0.1) is 0 Å². The Hall–Kier alpha value is -1.33. The van der Waals surface area contributed by atoms with Crippen molar-refractivity contribution < 1.29 is 4.79 Å². The second kappa shape index (κ2) is 6.84. The molecule has 1 aromatic heterocycles. The van der Waals surface area contributed by atoms with Crippen molar-refractivity contribution in [2.75, 3.05) is 24.5 Å². The molecule has 1 unspecified atom stereocenters. The van der Waals surface area contributed by atoms with Crippen LogP contribution in [0.2, 0.25) is 5.02 Å². The van der Waals surface area contributed by atoms with Crippen LogP contribution in [0.1, 0.15) is 26.2 Å². The number of pyridine rings is 1. The van der Waals surface area contributed by atoms with Gasteiger partial charge >= 0.3 is 0 Å². The Morgan fingerprint density at radius 2 is 2.36 bits per heavy atom. The molecule has 2 fully saturated rings. The fourth-order valence-corrected chi connectivity index (χ4v) is 3.61. The molecule has 22 heavy (non-hydrogen) atoms. The Bertz CT molecular complexity index is 539. The number of hydrogen-bond acceptors (Lipinski definition) is 4. The summed E-state index contributed by atoms with van der Waals surface area (Å²) >= 11 is 6.20. The molecular formula is C16H23ClN4O. The highest BCUT2D eigenvalue weighted by Crippen LogP contribution is 2.26. The summed E-state index contributed by atoms with van der Waals surface area (Å²) in [5.74, 6) is 1.16. The van der Waals surface area contributed by atoms with Crippen molar-refractivity contribution in [2.24, 2.45) is 5.92 Å². The summed E-state index contributed by atoms with van der Waals surface area (Å²) in [7, 11) is 0. The lowest BCUT2D eigenvalue weighted by Gasteiger charge is -2.28. The van der Waals surface area contributed by atoms with Gasteiger partial charge in [-0.3, -0.25) is 4.79 Å². The number of piperidine rings is 1. The number of nitrogens with zero attached hydrogens (tertiary/aromatic N) is 2. The van der Waals surface area contributed by atoms with E-state index in [4.69, 9.17) is 11.6 Å². The highest BCUT2D eigenvalue weighted by Gasteiger charge is 2.30. The van der Waals surface area contributed by atoms with Gasteiger partial charge in [0.15, 0.2) is 0 Å². The van der Waals surface area contributed by atoms with E-state index in [0.717, 1.165) is 44.7 Å². The molecular weight excluding hydrogens is 300 g/mol. The van der Waals surface area contributed by atoms with Crippen molar-refractivity contribution in [3.05, 3.63) is 23.4 Å². The molecule has 0 spiro atoms. The van der Waals surface area contributed by atoms with Crippen LogP contribution in [0.25, 0.3) is 0 Å². The first kappa shape index (κ1) is 15.6. The van der Waals surface area contributed by atoms with Crippen molar-refractivity contribution in [2.45, 2.75) is 38.3 Å². The average molecular weight is 323 g/mol. The first-order chi connectivity index (χ1) is 10.6. The van der Waals surface area contributed by atoms with Gasteiger partial charge < -0.3 is 15.5 Å². The van der Waals surface area contributed by atoms with Crippen LogP contribution >= 0.6 is 11.6 Å². The molecule has 6 heteroatoms. The zero-order valence-corrected chi connectivity index (χ0v) is 13.6. The van der Waals surface area contributed by atoms with E-state index in [-0.39, 0.29) is 17.9 Å². The van der Waals surface area contributed by atoms with E-state index in [1.807, 2.05) is 12.1 Å². The zero-order valence-electron chi connectivity index (χ0n) is 12.9. The van der Waals surface area contributed by atoms with Crippen LogP contribution in [0.5, 0.6) is 0 Å². The molecule has 1 aromatic rings. The lowest BCUT2D eigenvalue weighted by atomic mass is 9.92. The van der Waals surface area contributed by atoms with Crippen LogP contribution in [0.15, 0.2) is 18.3 Å². The number of amides is 1. The van der Waals surface area contributed by atoms with Crippen molar-refractivity contribution in [3.8, 4) is 0 Å². The SMILES string of the molecule is C[C@H]1C[C@@H](C(=O)NC2CCN(c3ncccc3Cl)C2)CCN1. The molecule has 0 radical (unpaired) electrons. The van der Waals surface area contributed by atoms with Crippen molar-refractivity contribution in [1.29, 1.82) is 0 Å². The number of nitrogens with one attached hydrogen (secondary N) is 2. The van der Waals surface area contributed by atoms with Gasteiger partial charge in [0.2, 0.25) is 5.91 Å². The van der Waals surface area contributed by atoms with E-state index in [2.05, 4.69) is 27.4 Å². The fraction of sp³-hybridized carbons (Fsp3) is 0.625. The van der Waals surface area contributed by atoms with E-state index in [0.29, 0.717) is 11.1 Å². The number of carbonyl (C=O) groups excluding carboxylic acids is 1. The summed E-state index contributed by atoms with van der Waals surface area (Å²) in [6, 6.07) is 4.30. The number of halogens is 1. The third kappa shape index (κ3) is 3.52. The summed E-state index contributed by atoms with van der Waals surface area (Å²) in [5, 5.41) is 7.26. The van der Waals surface area contributed by atoms with Crippen LogP contribution in [-0.4, -0.2) is 42.6 Å². The average Bonchev–Trinajstić information content (AvgIpc) is 2.96. The maximum Gasteiger partial charge on any atom is 0.223 e. The maximum atomic E-state index is 12.4. The van der Waals surface area contributed by atoms with Crippen LogP contribution in [0, 0.1) is 5.92 Å². The van der Waals surface area contributed by atoms with Gasteiger partial charge in [-0.1, -0.05) is 11.6 Å². The summed E-state index contributed by atoms with van der Waals surface area (Å²) in [6.07, 6.45) is 4.55. The largest absolute Gasteiger partial charge is 0.353 e. The Kier molecular flexibility index (Phi) is 4.84. The number of carbonyl (C=O) groups is 1. The molecule has 2 aliphatic rings. The van der Waals surface area contributed by atoms with E-state index in [1.54, 1.807) is 6.20 Å². The standard InChI is InChI=1S/C16H23ClN4O/c1-11-9-12(4-7-18-11)16(22)20-13-5-8-21(10-13)15-14(17)3-2-6-19-15/h2-3,6,11-13,18H,4-5,7-10H2,1H3,(H,20,22)/t11-,12-,13?/m0/s1. The third-order valence-corrected chi connectivity index (χ3v) is 4.86. The summed E-state index contributed by atoms with van der Waals surface area (Å²) in [4.78, 5) is 18.9. The smallest absolute Gasteiger partial charge is 0.223 e. The Morgan fingerprint density at radius 1 is 1.50 bits per heavy atom. The van der Waals surface area contributed by atoms with Crippen LogP contribution in [0.3, 0.4) is 0 Å². The predicted octanol–water partition coefficient (Wildman–Crippen LogP) is 1.82. The van der Waals surface area contributed by atoms with Gasteiger partial charge in [-0.05, 0) is 44.9 Å². The molecule has 3 atom stereocenters. The second-order valence-corrected chi connectivity index (χ2v) is 6.73. The molecule has 0 bridgehead atoms. The first-order valence-corrected chi connectivity index (χ1v) is 8.40. The van der Waals surface area contributed by atoms with Gasteiger partial charge in [-0.2, -0.15) is 0 Å². The highest BCUT2D eigenvalue weighted by atomic mass is 35.5. The summed E-state index contributed by atoms with van der Waals surface area (Å²) in [5.41, 5.74) is 0. The maximum absolute atomic E-state index is 12.4. The number of rotatable bonds is 3. The minimum absolute atomic E-state index is 0.142. The Labute approximate surface area is 136 Å². The summed E-state index contributed by atoms with van der Waals surface area (Å²) in [6.45, 7) is 4.73. The van der Waals surface area contributed by atoms with Gasteiger partial charge in [0.1, 0.15) is 5.82 Å². The third-order valence-electron chi connectivity index (χ3n) is 4.57. The van der Waals surface area contributed by atoms with Gasteiger partial charge in [0, 0.05) is 37.3 Å². The van der Waals surface area contributed by atoms with Crippen molar-refractivity contribution in [3.63, 3.8) is 0 Å². The fourth-order valence-electron chi connectivity index (χ4n) is 3.37. The molecule has 3 rings (SSSR count). The highest BCUT2D eigenvalue weighted by molar-refractivity contribution is 6.32. The molecule has 1 amide bonds. The summed E-state index contributed by atoms with van der Waals surface area (Å²) < 4.78 is 0. The Balaban J connectivity index is 1.55. The van der Waals surface area contributed by atoms with E-state index in [9.17, 15) is 4.79 Å². The lowest BCUT2D eigenvalue weighted by Crippen LogP contribution is -2.46. The van der Waals surface area contributed by atoms with E-state index in [1.165, 1.54) is 0 Å². The quantitative estimate of drug-likeness (QED) is 0.891. The molecule has 3 heterocycles. The minimum Gasteiger partial charge on any atom is -0.353 e. The van der Waals surface area contributed by atoms with Crippen molar-refractivity contribution in [1.82, 2.24) is 15.6 Å². The van der Waals surface area contributed by atoms with Crippen LogP contribution in [-0.2, 0) is 4.79 Å². The minimum atomic E-state index is 0.142. The molecule has 0 aliphatic carbocycles. The molecule has 2 saturated heterocycles. The van der Waals surface area contributed by atoms with Crippen LogP contribution in [0.4, 0.5) is 5.82 Å². The lowest BCUT2D eigenvalue weighted by molar-refractivity contribution is -0.126. The predicted molar refractivity (Wildman–Crippen MR) is 88.2 cm³/mol. The number of aromatic nitrogens is 1. The van der Waals surface area contributed by atoms with Gasteiger partial charge in [0.05, 0.1) is 5.02 Å². The van der Waals surface area contributed by atoms with E-state index >= 15 is 0 Å². The monoisotopic (exact) mass is 322 g/mol.